The molecule has 0 radical (unpaired) electrons. The molecule has 0 fully saturated rings. The number of amides is 2. The molecule has 2 N–H and O–H groups in total. The monoisotopic (exact) mass is 457 g/mol. The van der Waals surface area contributed by atoms with Crippen LogP contribution in [0.4, 0.5) is 24.5 Å². The van der Waals surface area contributed by atoms with E-state index in [4.69, 9.17) is 0 Å². The van der Waals surface area contributed by atoms with E-state index in [9.17, 15) is 31.2 Å². The van der Waals surface area contributed by atoms with Crippen molar-refractivity contribution in [2.24, 2.45) is 0 Å². The van der Waals surface area contributed by atoms with Crippen LogP contribution in [0.1, 0.15) is 36.7 Å². The Bertz CT molecular complexity index is 1100. The van der Waals surface area contributed by atoms with E-state index in [-0.39, 0.29) is 27.9 Å². The van der Waals surface area contributed by atoms with E-state index in [1.165, 1.54) is 32.2 Å². The number of carbonyl (C=O) groups is 2. The number of nitrogens with zero attached hydrogens (tertiary/aromatic N) is 1. The molecule has 2 aromatic carbocycles. The van der Waals surface area contributed by atoms with E-state index in [0.29, 0.717) is 6.07 Å². The topological polar surface area (TPSA) is 95.6 Å². The van der Waals surface area contributed by atoms with Gasteiger partial charge >= 0.3 is 6.18 Å². The number of halogens is 3. The number of anilines is 2. The third kappa shape index (κ3) is 5.82. The Morgan fingerprint density at radius 2 is 1.65 bits per heavy atom. The van der Waals surface area contributed by atoms with E-state index in [1.54, 1.807) is 13.8 Å². The van der Waals surface area contributed by atoms with Crippen molar-refractivity contribution in [2.75, 3.05) is 17.7 Å². The molecule has 0 aliphatic carbocycles. The lowest BCUT2D eigenvalue weighted by Gasteiger charge is -2.21. The molecule has 0 atom stereocenters. The van der Waals surface area contributed by atoms with Crippen molar-refractivity contribution in [1.82, 2.24) is 4.31 Å². The standard InChI is InChI=1S/C20H22F3N3O4S/c1-12(2)26(4)31(29,30)16-7-5-6-14(10-16)19(28)25-18-11-15(20(21,22)23)8-9-17(18)24-13(3)27/h5-12H,1-4H3,(H,24,27)(H,25,28). The number of rotatable bonds is 6. The average molecular weight is 457 g/mol. The maximum Gasteiger partial charge on any atom is 0.416 e. The predicted octanol–water partition coefficient (Wildman–Crippen LogP) is 3.95. The molecule has 7 nitrogen and oxygen atoms in total. The highest BCUT2D eigenvalue weighted by atomic mass is 32.2. The van der Waals surface area contributed by atoms with Gasteiger partial charge in [0.2, 0.25) is 15.9 Å². The summed E-state index contributed by atoms with van der Waals surface area (Å²) in [6.07, 6.45) is -4.66. The van der Waals surface area contributed by atoms with Crippen LogP contribution < -0.4 is 10.6 Å². The molecule has 0 aliphatic heterocycles. The van der Waals surface area contributed by atoms with Crippen LogP contribution in [0.25, 0.3) is 0 Å². The number of hydrogen-bond acceptors (Lipinski definition) is 4. The predicted molar refractivity (Wildman–Crippen MR) is 110 cm³/mol. The first-order valence-corrected chi connectivity index (χ1v) is 10.6. The first kappa shape index (κ1) is 24.4. The summed E-state index contributed by atoms with van der Waals surface area (Å²) in [6, 6.07) is 7.30. The van der Waals surface area contributed by atoms with E-state index < -0.39 is 33.6 Å². The summed E-state index contributed by atoms with van der Waals surface area (Å²) in [5.74, 6) is -1.38. The minimum absolute atomic E-state index is 0.0304. The van der Waals surface area contributed by atoms with Gasteiger partial charge in [-0.15, -0.1) is 0 Å². The van der Waals surface area contributed by atoms with Crippen LogP contribution in [0.5, 0.6) is 0 Å². The number of nitrogens with one attached hydrogen (secondary N) is 2. The molecule has 2 amide bonds. The quantitative estimate of drug-likeness (QED) is 0.687. The molecular formula is C20H22F3N3O4S. The smallest absolute Gasteiger partial charge is 0.325 e. The number of benzene rings is 2. The third-order valence-electron chi connectivity index (χ3n) is 4.41. The van der Waals surface area contributed by atoms with E-state index >= 15 is 0 Å². The summed E-state index contributed by atoms with van der Waals surface area (Å²) >= 11 is 0. The fraction of sp³-hybridized carbons (Fsp3) is 0.300. The molecule has 31 heavy (non-hydrogen) atoms. The summed E-state index contributed by atoms with van der Waals surface area (Å²) in [7, 11) is -2.47. The summed E-state index contributed by atoms with van der Waals surface area (Å²) < 4.78 is 65.7. The molecule has 0 saturated carbocycles. The lowest BCUT2D eigenvalue weighted by molar-refractivity contribution is -0.137. The van der Waals surface area contributed by atoms with Crippen LogP contribution >= 0.6 is 0 Å². The SMILES string of the molecule is CC(=O)Nc1ccc(C(F)(F)F)cc1NC(=O)c1cccc(S(=O)(=O)N(C)C(C)C)c1. The highest BCUT2D eigenvalue weighted by Gasteiger charge is 2.31. The average Bonchev–Trinajstić information content (AvgIpc) is 2.67. The maximum atomic E-state index is 13.1. The molecule has 0 bridgehead atoms. The van der Waals surface area contributed by atoms with E-state index in [0.717, 1.165) is 22.5 Å². The molecule has 0 spiro atoms. The van der Waals surface area contributed by atoms with Gasteiger partial charge in [0.05, 0.1) is 21.8 Å². The zero-order valence-electron chi connectivity index (χ0n) is 17.2. The van der Waals surface area contributed by atoms with Gasteiger partial charge in [0, 0.05) is 25.6 Å². The van der Waals surface area contributed by atoms with Crippen LogP contribution in [0, 0.1) is 0 Å². The molecule has 0 aliphatic rings. The first-order valence-electron chi connectivity index (χ1n) is 9.11. The van der Waals surface area contributed by atoms with Crippen LogP contribution in [0.2, 0.25) is 0 Å². The Kier molecular flexibility index (Phi) is 7.12. The molecule has 2 aromatic rings. The number of alkyl halides is 3. The number of sulfonamides is 1. The fourth-order valence-electron chi connectivity index (χ4n) is 2.56. The zero-order chi connectivity index (χ0) is 23.6. The molecular weight excluding hydrogens is 435 g/mol. The largest absolute Gasteiger partial charge is 0.416 e. The molecule has 0 aromatic heterocycles. The highest BCUT2D eigenvalue weighted by Crippen LogP contribution is 2.34. The van der Waals surface area contributed by atoms with E-state index in [1.807, 2.05) is 0 Å². The van der Waals surface area contributed by atoms with Crippen molar-refractivity contribution in [2.45, 2.75) is 37.9 Å². The second kappa shape index (κ2) is 9.06. The molecule has 0 saturated heterocycles. The first-order chi connectivity index (χ1) is 14.2. The van der Waals surface area contributed by atoms with Gasteiger partial charge < -0.3 is 10.6 Å². The van der Waals surface area contributed by atoms with Gasteiger partial charge in [0.1, 0.15) is 0 Å². The van der Waals surface area contributed by atoms with Crippen molar-refractivity contribution in [1.29, 1.82) is 0 Å². The van der Waals surface area contributed by atoms with Gasteiger partial charge in [0.25, 0.3) is 5.91 Å². The second-order valence-corrected chi connectivity index (χ2v) is 9.03. The molecule has 0 heterocycles. The Morgan fingerprint density at radius 3 is 2.19 bits per heavy atom. The Hall–Kier alpha value is -2.92. The van der Waals surface area contributed by atoms with Crippen molar-refractivity contribution in [3.8, 4) is 0 Å². The van der Waals surface area contributed by atoms with Crippen molar-refractivity contribution < 1.29 is 31.2 Å². The van der Waals surface area contributed by atoms with Crippen molar-refractivity contribution in [3.63, 3.8) is 0 Å². The second-order valence-electron chi connectivity index (χ2n) is 7.04. The highest BCUT2D eigenvalue weighted by molar-refractivity contribution is 7.89. The minimum atomic E-state index is -4.66. The summed E-state index contributed by atoms with van der Waals surface area (Å²) in [5.41, 5.74) is -1.41. The molecule has 11 heteroatoms. The minimum Gasteiger partial charge on any atom is -0.325 e. The van der Waals surface area contributed by atoms with Crippen LogP contribution in [0.15, 0.2) is 47.4 Å². The lowest BCUT2D eigenvalue weighted by Crippen LogP contribution is -2.33. The number of carbonyl (C=O) groups excluding carboxylic acids is 2. The Balaban J connectivity index is 2.42. The molecule has 0 unspecified atom stereocenters. The maximum absolute atomic E-state index is 13.1. The van der Waals surface area contributed by atoms with Gasteiger partial charge in [-0.1, -0.05) is 6.07 Å². The fourth-order valence-corrected chi connectivity index (χ4v) is 3.97. The zero-order valence-corrected chi connectivity index (χ0v) is 18.1. The summed E-state index contributed by atoms with van der Waals surface area (Å²) in [4.78, 5) is 23.9. The third-order valence-corrected chi connectivity index (χ3v) is 6.44. The summed E-state index contributed by atoms with van der Waals surface area (Å²) in [6.45, 7) is 4.54. The lowest BCUT2D eigenvalue weighted by atomic mass is 10.1. The van der Waals surface area contributed by atoms with Gasteiger partial charge in [-0.05, 0) is 50.2 Å². The van der Waals surface area contributed by atoms with Gasteiger partial charge in [-0.25, -0.2) is 8.42 Å². The van der Waals surface area contributed by atoms with E-state index in [2.05, 4.69) is 10.6 Å². The summed E-state index contributed by atoms with van der Waals surface area (Å²) in [5, 5.41) is 4.66. The van der Waals surface area contributed by atoms with Gasteiger partial charge in [-0.3, -0.25) is 9.59 Å². The normalized spacial score (nSPS) is 12.2. The van der Waals surface area contributed by atoms with Gasteiger partial charge in [0.15, 0.2) is 0 Å². The van der Waals surface area contributed by atoms with Crippen molar-refractivity contribution in [3.05, 3.63) is 53.6 Å². The Morgan fingerprint density at radius 1 is 1.00 bits per heavy atom. The van der Waals surface area contributed by atoms with Crippen LogP contribution in [-0.4, -0.2) is 37.6 Å². The Labute approximate surface area is 178 Å². The van der Waals surface area contributed by atoms with Crippen LogP contribution in [-0.2, 0) is 21.0 Å². The van der Waals surface area contributed by atoms with Crippen LogP contribution in [0.3, 0.4) is 0 Å². The molecule has 168 valence electrons. The van der Waals surface area contributed by atoms with Gasteiger partial charge in [-0.2, -0.15) is 17.5 Å². The number of hydrogen-bond donors (Lipinski definition) is 2. The molecule has 2 rings (SSSR count). The van der Waals surface area contributed by atoms with Crippen molar-refractivity contribution >= 4 is 33.2 Å².